The van der Waals surface area contributed by atoms with Crippen molar-refractivity contribution >= 4 is 17.2 Å². The number of nitrogens with zero attached hydrogens (tertiary/aromatic N) is 1. The maximum Gasteiger partial charge on any atom is 0.163 e. The van der Waals surface area contributed by atoms with E-state index in [1.807, 2.05) is 31.2 Å². The molecule has 3 rings (SSSR count). The fraction of sp³-hybridized carbons (Fsp3) is 0.214. The number of nitrogens with one attached hydrogen (secondary N) is 1. The van der Waals surface area contributed by atoms with Gasteiger partial charge in [-0.2, -0.15) is 0 Å². The van der Waals surface area contributed by atoms with Gasteiger partial charge in [-0.1, -0.05) is 0 Å². The number of hydrogen-bond acceptors (Lipinski definition) is 5. The van der Waals surface area contributed by atoms with Gasteiger partial charge in [-0.15, -0.1) is 0 Å². The summed E-state index contributed by atoms with van der Waals surface area (Å²) in [6, 6.07) is 7.51. The minimum Gasteiger partial charge on any atom is -0.486 e. The predicted molar refractivity (Wildman–Crippen MR) is 74.1 cm³/mol. The van der Waals surface area contributed by atoms with Crippen molar-refractivity contribution in [2.75, 3.05) is 24.3 Å². The first kappa shape index (κ1) is 11.6. The molecule has 0 radical (unpaired) electrons. The molecule has 0 atom stereocenters. The highest BCUT2D eigenvalue weighted by atomic mass is 16.6. The Kier molecular flexibility index (Phi) is 2.87. The standard InChI is InChI=1S/C14H15N3O2/c1-9-8-16-14(7-11(9)15)17-10-2-3-12-13(6-10)19-5-4-18-12/h2-3,6-8H,4-5H2,1H3,(H3,15,16,17). The largest absolute Gasteiger partial charge is 0.486 e. The number of aryl methyl sites for hydroxylation is 1. The zero-order valence-electron chi connectivity index (χ0n) is 10.6. The number of nitrogen functional groups attached to an aromatic ring is 1. The Balaban J connectivity index is 1.84. The SMILES string of the molecule is Cc1cnc(Nc2ccc3c(c2)OCCO3)cc1N. The Hall–Kier alpha value is -2.43. The van der Waals surface area contributed by atoms with Crippen molar-refractivity contribution in [3.05, 3.63) is 36.0 Å². The lowest BCUT2D eigenvalue weighted by atomic mass is 10.2. The van der Waals surface area contributed by atoms with E-state index < -0.39 is 0 Å². The zero-order chi connectivity index (χ0) is 13.2. The quantitative estimate of drug-likeness (QED) is 0.865. The molecule has 1 aromatic heterocycles. The Labute approximate surface area is 111 Å². The smallest absolute Gasteiger partial charge is 0.163 e. The number of nitrogens with two attached hydrogens (primary N) is 1. The summed E-state index contributed by atoms with van der Waals surface area (Å²) in [7, 11) is 0. The van der Waals surface area contributed by atoms with E-state index in [1.165, 1.54) is 0 Å². The number of hydrogen-bond donors (Lipinski definition) is 2. The molecule has 0 unspecified atom stereocenters. The van der Waals surface area contributed by atoms with Crippen molar-refractivity contribution < 1.29 is 9.47 Å². The molecule has 0 fully saturated rings. The number of fused-ring (bicyclic) bond motifs is 1. The van der Waals surface area contributed by atoms with Gasteiger partial charge in [-0.05, 0) is 24.6 Å². The average Bonchev–Trinajstić information content (AvgIpc) is 2.43. The van der Waals surface area contributed by atoms with E-state index in [-0.39, 0.29) is 0 Å². The normalized spacial score (nSPS) is 13.1. The van der Waals surface area contributed by atoms with Crippen molar-refractivity contribution in [2.45, 2.75) is 6.92 Å². The van der Waals surface area contributed by atoms with Crippen molar-refractivity contribution in [1.29, 1.82) is 0 Å². The molecule has 1 aromatic carbocycles. The van der Waals surface area contributed by atoms with Gasteiger partial charge in [0.05, 0.1) is 0 Å². The van der Waals surface area contributed by atoms with Crippen molar-refractivity contribution in [2.24, 2.45) is 0 Å². The van der Waals surface area contributed by atoms with Crippen molar-refractivity contribution in [1.82, 2.24) is 4.98 Å². The first-order chi connectivity index (χ1) is 9.22. The molecule has 0 saturated carbocycles. The second-order valence-corrected chi connectivity index (χ2v) is 4.41. The maximum atomic E-state index is 5.86. The highest BCUT2D eigenvalue weighted by Gasteiger charge is 2.11. The highest BCUT2D eigenvalue weighted by Crippen LogP contribution is 2.33. The van der Waals surface area contributed by atoms with Gasteiger partial charge in [0.1, 0.15) is 19.0 Å². The van der Waals surface area contributed by atoms with E-state index in [9.17, 15) is 0 Å². The number of pyridine rings is 1. The zero-order valence-corrected chi connectivity index (χ0v) is 10.6. The van der Waals surface area contributed by atoms with Crippen LogP contribution in [0.15, 0.2) is 30.5 Å². The summed E-state index contributed by atoms with van der Waals surface area (Å²) in [6.45, 7) is 3.10. The lowest BCUT2D eigenvalue weighted by Gasteiger charge is -2.19. The highest BCUT2D eigenvalue weighted by molar-refractivity contribution is 5.64. The topological polar surface area (TPSA) is 69.4 Å². The molecule has 1 aliphatic rings. The van der Waals surface area contributed by atoms with Crippen LogP contribution in [-0.2, 0) is 0 Å². The number of aromatic nitrogens is 1. The van der Waals surface area contributed by atoms with Crippen LogP contribution in [0.1, 0.15) is 5.56 Å². The third-order valence-corrected chi connectivity index (χ3v) is 2.96. The van der Waals surface area contributed by atoms with E-state index in [0.29, 0.717) is 19.0 Å². The van der Waals surface area contributed by atoms with Crippen LogP contribution in [0.3, 0.4) is 0 Å². The molecule has 0 aliphatic carbocycles. The Morgan fingerprint density at radius 2 is 1.95 bits per heavy atom. The van der Waals surface area contributed by atoms with Gasteiger partial charge in [-0.25, -0.2) is 4.98 Å². The molecule has 2 aromatic rings. The number of ether oxygens (including phenoxy) is 2. The summed E-state index contributed by atoms with van der Waals surface area (Å²) in [5, 5.41) is 3.20. The lowest BCUT2D eigenvalue weighted by Crippen LogP contribution is -2.15. The summed E-state index contributed by atoms with van der Waals surface area (Å²) < 4.78 is 11.0. The van der Waals surface area contributed by atoms with Gasteiger partial charge in [0, 0.05) is 29.7 Å². The molecule has 3 N–H and O–H groups in total. The predicted octanol–water partition coefficient (Wildman–Crippen LogP) is 2.49. The van der Waals surface area contributed by atoms with Gasteiger partial charge in [0.25, 0.3) is 0 Å². The van der Waals surface area contributed by atoms with Crippen LogP contribution >= 0.6 is 0 Å². The number of rotatable bonds is 2. The summed E-state index contributed by atoms with van der Waals surface area (Å²) in [5.41, 5.74) is 8.43. The van der Waals surface area contributed by atoms with E-state index in [4.69, 9.17) is 15.2 Å². The summed E-state index contributed by atoms with van der Waals surface area (Å²) in [6.07, 6.45) is 1.75. The molecule has 0 saturated heterocycles. The molecule has 0 bridgehead atoms. The molecule has 5 nitrogen and oxygen atoms in total. The first-order valence-electron chi connectivity index (χ1n) is 6.11. The van der Waals surface area contributed by atoms with Crippen LogP contribution < -0.4 is 20.5 Å². The molecule has 0 amide bonds. The summed E-state index contributed by atoms with van der Waals surface area (Å²) >= 11 is 0. The third kappa shape index (κ3) is 2.40. The molecule has 1 aliphatic heterocycles. The van der Waals surface area contributed by atoms with E-state index in [0.717, 1.165) is 28.4 Å². The van der Waals surface area contributed by atoms with E-state index >= 15 is 0 Å². The minimum absolute atomic E-state index is 0.576. The molecule has 5 heteroatoms. The van der Waals surface area contributed by atoms with Crippen LogP contribution in [-0.4, -0.2) is 18.2 Å². The van der Waals surface area contributed by atoms with Crippen LogP contribution in [0.2, 0.25) is 0 Å². The van der Waals surface area contributed by atoms with Crippen LogP contribution in [0.4, 0.5) is 17.2 Å². The first-order valence-corrected chi connectivity index (χ1v) is 6.11. The summed E-state index contributed by atoms with van der Waals surface area (Å²) in [4.78, 5) is 4.28. The molecule has 19 heavy (non-hydrogen) atoms. The molecular weight excluding hydrogens is 242 g/mol. The monoisotopic (exact) mass is 257 g/mol. The molecule has 98 valence electrons. The summed E-state index contributed by atoms with van der Waals surface area (Å²) in [5.74, 6) is 2.23. The Morgan fingerprint density at radius 3 is 2.74 bits per heavy atom. The van der Waals surface area contributed by atoms with Gasteiger partial charge >= 0.3 is 0 Å². The van der Waals surface area contributed by atoms with Gasteiger partial charge in [0.2, 0.25) is 0 Å². The molecule has 0 spiro atoms. The van der Waals surface area contributed by atoms with Gasteiger partial charge < -0.3 is 20.5 Å². The maximum absolute atomic E-state index is 5.86. The van der Waals surface area contributed by atoms with Gasteiger partial charge in [-0.3, -0.25) is 0 Å². The number of anilines is 3. The molecular formula is C14H15N3O2. The fourth-order valence-electron chi connectivity index (χ4n) is 1.88. The average molecular weight is 257 g/mol. The third-order valence-electron chi connectivity index (χ3n) is 2.96. The van der Waals surface area contributed by atoms with Crippen LogP contribution in [0.5, 0.6) is 11.5 Å². The second-order valence-electron chi connectivity index (χ2n) is 4.41. The molecule has 2 heterocycles. The van der Waals surface area contributed by atoms with Crippen LogP contribution in [0, 0.1) is 6.92 Å². The minimum atomic E-state index is 0.576. The Bertz CT molecular complexity index is 614. The lowest BCUT2D eigenvalue weighted by molar-refractivity contribution is 0.171. The fourth-order valence-corrected chi connectivity index (χ4v) is 1.88. The van der Waals surface area contributed by atoms with Crippen molar-refractivity contribution in [3.8, 4) is 11.5 Å². The number of benzene rings is 1. The second kappa shape index (κ2) is 4.68. The Morgan fingerprint density at radius 1 is 1.16 bits per heavy atom. The van der Waals surface area contributed by atoms with E-state index in [1.54, 1.807) is 6.20 Å². The van der Waals surface area contributed by atoms with E-state index in [2.05, 4.69) is 10.3 Å². The van der Waals surface area contributed by atoms with Crippen molar-refractivity contribution in [3.63, 3.8) is 0 Å². The van der Waals surface area contributed by atoms with Gasteiger partial charge in [0.15, 0.2) is 11.5 Å². The van der Waals surface area contributed by atoms with Crippen LogP contribution in [0.25, 0.3) is 0 Å².